The Balaban J connectivity index is 0.000000230. The van der Waals surface area contributed by atoms with Crippen LogP contribution in [0.3, 0.4) is 0 Å². The second-order valence-corrected chi connectivity index (χ2v) is 6.88. The average Bonchev–Trinajstić information content (AvgIpc) is 3.30. The summed E-state index contributed by atoms with van der Waals surface area (Å²) in [5.41, 5.74) is 8.21. The Labute approximate surface area is 198 Å². The first kappa shape index (κ1) is 25.9. The quantitative estimate of drug-likeness (QED) is 0.237. The van der Waals surface area contributed by atoms with Crippen LogP contribution in [0.4, 0.5) is 0 Å². The summed E-state index contributed by atoms with van der Waals surface area (Å²) in [6.45, 7) is 6.39. The molecule has 30 heavy (non-hydrogen) atoms. The molecule has 2 aliphatic carbocycles. The molecular formula is C29H30Zr-4. The summed E-state index contributed by atoms with van der Waals surface area (Å²) in [5, 5.41) is 0. The van der Waals surface area contributed by atoms with E-state index < -0.39 is 0 Å². The van der Waals surface area contributed by atoms with Crippen molar-refractivity contribution in [1.82, 2.24) is 0 Å². The van der Waals surface area contributed by atoms with Gasteiger partial charge in [-0.1, -0.05) is 55.2 Å². The van der Waals surface area contributed by atoms with E-state index in [4.69, 9.17) is 0 Å². The number of hydrogen-bond donors (Lipinski definition) is 0. The average molecular weight is 470 g/mol. The molecule has 1 unspecified atom stereocenters. The molecular weight excluding hydrogens is 440 g/mol. The van der Waals surface area contributed by atoms with E-state index in [1.54, 1.807) is 0 Å². The normalized spacial score (nSPS) is 14.4. The molecule has 0 N–H and O–H groups in total. The Morgan fingerprint density at radius 3 is 2.03 bits per heavy atom. The smallest absolute Gasteiger partial charge is 0.0253 e. The maximum absolute atomic E-state index is 3.34. The zero-order valence-electron chi connectivity index (χ0n) is 18.5. The van der Waals surface area contributed by atoms with Crippen LogP contribution in [0.15, 0.2) is 90.0 Å². The molecule has 3 aromatic rings. The predicted octanol–water partition coefficient (Wildman–Crippen LogP) is 7.29. The summed E-state index contributed by atoms with van der Waals surface area (Å²) < 4.78 is 3.34. The molecule has 0 amide bonds. The van der Waals surface area contributed by atoms with E-state index in [2.05, 4.69) is 85.7 Å². The van der Waals surface area contributed by atoms with Crippen molar-refractivity contribution in [2.45, 2.75) is 27.2 Å². The van der Waals surface area contributed by atoms with E-state index in [1.807, 2.05) is 36.4 Å². The number of hydrogen-bond acceptors (Lipinski definition) is 0. The van der Waals surface area contributed by atoms with Crippen molar-refractivity contribution in [3.8, 4) is 11.1 Å². The van der Waals surface area contributed by atoms with Crippen molar-refractivity contribution in [2.24, 2.45) is 5.92 Å². The van der Waals surface area contributed by atoms with Crippen LogP contribution in [0.2, 0.25) is 0 Å². The molecule has 0 saturated heterocycles. The molecule has 1 atom stereocenters. The minimum absolute atomic E-state index is 0. The van der Waals surface area contributed by atoms with E-state index >= 15 is 0 Å². The van der Waals surface area contributed by atoms with Crippen LogP contribution in [-0.2, 0) is 30.7 Å². The van der Waals surface area contributed by atoms with Crippen LogP contribution in [0.25, 0.3) is 11.1 Å². The molecule has 0 aliphatic heterocycles. The van der Waals surface area contributed by atoms with Gasteiger partial charge in [-0.25, -0.2) is 11.1 Å². The summed E-state index contributed by atoms with van der Waals surface area (Å²) in [5.74, 6) is 0.551. The van der Waals surface area contributed by atoms with E-state index in [0.29, 0.717) is 5.92 Å². The van der Waals surface area contributed by atoms with E-state index in [0.717, 1.165) is 6.42 Å². The van der Waals surface area contributed by atoms with Crippen LogP contribution < -0.4 is 0 Å². The van der Waals surface area contributed by atoms with Gasteiger partial charge in [0.25, 0.3) is 0 Å². The van der Waals surface area contributed by atoms with Crippen LogP contribution in [-0.4, -0.2) is 4.21 Å². The number of benzene rings is 3. The minimum Gasteiger partial charge on any atom is -0.358 e. The molecule has 0 fully saturated rings. The SMILES string of the molecule is CC1=[C-]C(C)C=C1C.[CH2]=[Zr].[CH3-].[c-]1cccc2c1Cc1ccccc1-2.[c-]1ccccc1. The van der Waals surface area contributed by atoms with Gasteiger partial charge >= 0.3 is 28.4 Å². The topological polar surface area (TPSA) is 0 Å². The van der Waals surface area contributed by atoms with Crippen LogP contribution in [0.5, 0.6) is 0 Å². The summed E-state index contributed by atoms with van der Waals surface area (Å²) in [6.07, 6.45) is 6.57. The van der Waals surface area contributed by atoms with Crippen LogP contribution in [0, 0.1) is 31.6 Å². The van der Waals surface area contributed by atoms with Gasteiger partial charge in [-0.05, 0) is 6.42 Å². The first-order valence-corrected chi connectivity index (χ1v) is 11.5. The van der Waals surface area contributed by atoms with Gasteiger partial charge in [-0.2, -0.15) is 72.3 Å². The van der Waals surface area contributed by atoms with Crippen molar-refractivity contribution in [2.75, 3.05) is 0 Å². The van der Waals surface area contributed by atoms with Gasteiger partial charge in [-0.3, -0.25) is 6.08 Å². The summed E-state index contributed by atoms with van der Waals surface area (Å²) in [7, 11) is 0. The van der Waals surface area contributed by atoms with E-state index in [1.165, 1.54) is 57.6 Å². The molecule has 0 saturated carbocycles. The predicted molar refractivity (Wildman–Crippen MR) is 128 cm³/mol. The van der Waals surface area contributed by atoms with Crippen molar-refractivity contribution in [1.29, 1.82) is 0 Å². The van der Waals surface area contributed by atoms with Gasteiger partial charge < -0.3 is 7.43 Å². The first-order chi connectivity index (χ1) is 14.1. The van der Waals surface area contributed by atoms with Crippen LogP contribution >= 0.6 is 0 Å². The molecule has 0 bridgehead atoms. The molecule has 1 heteroatoms. The Morgan fingerprint density at radius 2 is 1.53 bits per heavy atom. The van der Waals surface area contributed by atoms with Gasteiger partial charge in [0.05, 0.1) is 0 Å². The Morgan fingerprint density at radius 1 is 0.867 bits per heavy atom. The number of allylic oxidation sites excluding steroid dienone is 4. The second kappa shape index (κ2) is 14.0. The van der Waals surface area contributed by atoms with Crippen molar-refractivity contribution in [3.63, 3.8) is 0 Å². The number of fused-ring (bicyclic) bond motifs is 3. The molecule has 0 nitrogen and oxygen atoms in total. The van der Waals surface area contributed by atoms with Gasteiger partial charge in [0.1, 0.15) is 0 Å². The van der Waals surface area contributed by atoms with Gasteiger partial charge in [-0.15, -0.1) is 12.5 Å². The Hall–Kier alpha value is -2.11. The molecule has 3 aromatic carbocycles. The van der Waals surface area contributed by atoms with E-state index in [-0.39, 0.29) is 7.43 Å². The molecule has 5 rings (SSSR count). The van der Waals surface area contributed by atoms with Crippen molar-refractivity contribution >= 4 is 4.21 Å². The fraction of sp³-hybridized carbons (Fsp3) is 0.172. The van der Waals surface area contributed by atoms with Gasteiger partial charge in [0.2, 0.25) is 0 Å². The van der Waals surface area contributed by atoms with Crippen molar-refractivity contribution in [3.05, 3.63) is 127 Å². The summed E-state index contributed by atoms with van der Waals surface area (Å²) in [4.78, 5) is 0. The Kier molecular flexibility index (Phi) is 12.1. The van der Waals surface area contributed by atoms with Gasteiger partial charge in [0.15, 0.2) is 0 Å². The number of rotatable bonds is 0. The minimum atomic E-state index is 0. The van der Waals surface area contributed by atoms with Crippen molar-refractivity contribution < 1.29 is 24.2 Å². The van der Waals surface area contributed by atoms with Gasteiger partial charge in [0, 0.05) is 0 Å². The molecule has 154 valence electrons. The zero-order chi connectivity index (χ0) is 21.1. The molecule has 2 aliphatic rings. The Bertz CT molecular complexity index is 863. The fourth-order valence-electron chi connectivity index (χ4n) is 3.34. The third-order valence-corrected chi connectivity index (χ3v) is 4.76. The standard InChI is InChI=1S/C13H9.C8H11.C6H5.CH3.CH2.Zr/c1-3-7-12-10(5-1)9-11-6-2-4-8-13(11)12;1-6-4-7(2)8(3)5-6;1-2-4-6-5-3-1;;;/h1-5,7-8H,9H2;4,6H,1-3H3;1-5H;1H3;1H2;/q4*-1;;. The monoisotopic (exact) mass is 468 g/mol. The molecule has 0 spiro atoms. The molecule has 0 radical (unpaired) electrons. The third-order valence-electron chi connectivity index (χ3n) is 4.76. The molecule has 0 aromatic heterocycles. The maximum Gasteiger partial charge on any atom is -0.0253 e. The first-order valence-electron chi connectivity index (χ1n) is 9.78. The van der Waals surface area contributed by atoms with Crippen LogP contribution in [0.1, 0.15) is 31.9 Å². The third kappa shape index (κ3) is 7.62. The second-order valence-electron chi connectivity index (χ2n) is 6.88. The molecule has 0 heterocycles. The fourth-order valence-corrected chi connectivity index (χ4v) is 3.34. The summed E-state index contributed by atoms with van der Waals surface area (Å²) in [6, 6.07) is 30.6. The maximum atomic E-state index is 3.34. The largest absolute Gasteiger partial charge is 0.358 e. The summed E-state index contributed by atoms with van der Waals surface area (Å²) >= 11 is 1.30. The zero-order valence-corrected chi connectivity index (χ0v) is 21.0. The van der Waals surface area contributed by atoms with E-state index in [9.17, 15) is 0 Å².